The van der Waals surface area contributed by atoms with Crippen LogP contribution in [0.15, 0.2) is 42.7 Å². The Morgan fingerprint density at radius 2 is 2.19 bits per heavy atom. The topological polar surface area (TPSA) is 96.3 Å². The van der Waals surface area contributed by atoms with E-state index in [1.165, 1.54) is 0 Å². The van der Waals surface area contributed by atoms with Crippen molar-refractivity contribution in [3.05, 3.63) is 48.3 Å². The smallest absolute Gasteiger partial charge is 0.321 e. The van der Waals surface area contributed by atoms with E-state index in [-0.39, 0.29) is 12.1 Å². The first-order valence-electron chi connectivity index (χ1n) is 8.49. The number of anilines is 1. The van der Waals surface area contributed by atoms with E-state index in [0.717, 1.165) is 24.7 Å². The maximum absolute atomic E-state index is 12.5. The van der Waals surface area contributed by atoms with Gasteiger partial charge in [-0.25, -0.2) is 17.9 Å². The van der Waals surface area contributed by atoms with Gasteiger partial charge in [-0.3, -0.25) is 4.68 Å². The van der Waals surface area contributed by atoms with Gasteiger partial charge in [0, 0.05) is 37.2 Å². The van der Waals surface area contributed by atoms with Crippen LogP contribution in [0.25, 0.3) is 0 Å². The van der Waals surface area contributed by atoms with Gasteiger partial charge in [0.05, 0.1) is 12.8 Å². The van der Waals surface area contributed by atoms with Crippen molar-refractivity contribution in [3.63, 3.8) is 0 Å². The molecule has 2 heterocycles. The Kier molecular flexibility index (Phi) is 5.58. The fourth-order valence-electron chi connectivity index (χ4n) is 3.09. The second-order valence-corrected chi connectivity index (χ2v) is 8.29. The highest BCUT2D eigenvalue weighted by Crippen LogP contribution is 2.15. The highest BCUT2D eigenvalue weighted by Gasteiger charge is 2.25. The van der Waals surface area contributed by atoms with Crippen molar-refractivity contribution in [2.75, 3.05) is 24.7 Å². The third-order valence-electron chi connectivity index (χ3n) is 4.17. The summed E-state index contributed by atoms with van der Waals surface area (Å²) in [6.45, 7) is 1.60. The van der Waals surface area contributed by atoms with E-state index in [0.29, 0.717) is 25.3 Å². The molecular formula is C17H23N5O3S. The number of benzene rings is 1. The SMILES string of the molecule is CS(=O)(=O)N[C@H]1CCCN(C(=O)Nc2cccc(Cn3cccn3)c2)C1. The highest BCUT2D eigenvalue weighted by atomic mass is 32.2. The molecule has 0 unspecified atom stereocenters. The van der Waals surface area contributed by atoms with E-state index in [2.05, 4.69) is 15.1 Å². The number of piperidine rings is 1. The van der Waals surface area contributed by atoms with Gasteiger partial charge < -0.3 is 10.2 Å². The monoisotopic (exact) mass is 377 g/mol. The molecule has 2 aromatic rings. The summed E-state index contributed by atoms with van der Waals surface area (Å²) in [6, 6.07) is 9.01. The number of aromatic nitrogens is 2. The number of rotatable bonds is 5. The third kappa shape index (κ3) is 5.30. The quantitative estimate of drug-likeness (QED) is 0.825. The first-order valence-corrected chi connectivity index (χ1v) is 10.4. The molecule has 26 heavy (non-hydrogen) atoms. The fraction of sp³-hybridized carbons (Fsp3) is 0.412. The zero-order valence-electron chi connectivity index (χ0n) is 14.6. The second-order valence-electron chi connectivity index (χ2n) is 6.51. The Balaban J connectivity index is 1.60. The van der Waals surface area contributed by atoms with E-state index >= 15 is 0 Å². The largest absolute Gasteiger partial charge is 0.323 e. The molecule has 9 heteroatoms. The number of nitrogens with zero attached hydrogens (tertiary/aromatic N) is 3. The van der Waals surface area contributed by atoms with Crippen LogP contribution in [0.2, 0.25) is 0 Å². The molecule has 1 saturated heterocycles. The summed E-state index contributed by atoms with van der Waals surface area (Å²) in [4.78, 5) is 14.2. The number of nitrogens with one attached hydrogen (secondary N) is 2. The first kappa shape index (κ1) is 18.4. The third-order valence-corrected chi connectivity index (χ3v) is 4.93. The van der Waals surface area contributed by atoms with Crippen molar-refractivity contribution < 1.29 is 13.2 Å². The van der Waals surface area contributed by atoms with Crippen LogP contribution in [-0.2, 0) is 16.6 Å². The maximum atomic E-state index is 12.5. The van der Waals surface area contributed by atoms with Gasteiger partial charge in [0.25, 0.3) is 0 Å². The summed E-state index contributed by atoms with van der Waals surface area (Å²) < 4.78 is 27.2. The van der Waals surface area contributed by atoms with Crippen LogP contribution < -0.4 is 10.0 Å². The van der Waals surface area contributed by atoms with Crippen LogP contribution in [0, 0.1) is 0 Å². The fourth-order valence-corrected chi connectivity index (χ4v) is 3.89. The van der Waals surface area contributed by atoms with E-state index in [4.69, 9.17) is 0 Å². The van der Waals surface area contributed by atoms with E-state index in [1.54, 1.807) is 11.1 Å². The molecular weight excluding hydrogens is 354 g/mol. The molecule has 0 saturated carbocycles. The van der Waals surface area contributed by atoms with Crippen LogP contribution in [0.3, 0.4) is 0 Å². The van der Waals surface area contributed by atoms with Gasteiger partial charge in [0.2, 0.25) is 10.0 Å². The number of likely N-dealkylation sites (tertiary alicyclic amines) is 1. The standard InChI is InChI=1S/C17H23N5O3S/c1-26(24,25)20-16-7-3-9-21(13-16)17(23)19-15-6-2-5-14(11-15)12-22-10-4-8-18-22/h2,4-6,8,10-11,16,20H,3,7,9,12-13H2,1H3,(H,19,23)/t16-/m0/s1. The molecule has 1 aliphatic heterocycles. The zero-order chi connectivity index (χ0) is 18.6. The van der Waals surface area contributed by atoms with Crippen molar-refractivity contribution in [1.29, 1.82) is 0 Å². The summed E-state index contributed by atoms with van der Waals surface area (Å²) in [6.07, 6.45) is 6.24. The van der Waals surface area contributed by atoms with Gasteiger partial charge in [0.15, 0.2) is 0 Å². The lowest BCUT2D eigenvalue weighted by Crippen LogP contribution is -2.50. The average Bonchev–Trinajstić information content (AvgIpc) is 3.07. The van der Waals surface area contributed by atoms with Crippen LogP contribution in [0.5, 0.6) is 0 Å². The molecule has 2 N–H and O–H groups in total. The predicted octanol–water partition coefficient (Wildman–Crippen LogP) is 1.48. The number of carbonyl (C=O) groups excluding carboxylic acids is 1. The van der Waals surface area contributed by atoms with Crippen molar-refractivity contribution >= 4 is 21.7 Å². The Morgan fingerprint density at radius 3 is 2.92 bits per heavy atom. The molecule has 3 rings (SSSR count). The van der Waals surface area contributed by atoms with Crippen LogP contribution in [-0.4, -0.2) is 54.5 Å². The van der Waals surface area contributed by atoms with E-state index in [9.17, 15) is 13.2 Å². The van der Waals surface area contributed by atoms with E-state index < -0.39 is 10.0 Å². The van der Waals surface area contributed by atoms with Crippen LogP contribution in [0.1, 0.15) is 18.4 Å². The van der Waals surface area contributed by atoms with E-state index in [1.807, 2.05) is 41.2 Å². The summed E-state index contributed by atoms with van der Waals surface area (Å²) in [5.74, 6) is 0. The van der Waals surface area contributed by atoms with Gasteiger partial charge in [-0.1, -0.05) is 12.1 Å². The highest BCUT2D eigenvalue weighted by molar-refractivity contribution is 7.88. The molecule has 2 amide bonds. The second kappa shape index (κ2) is 7.88. The number of hydrogen-bond acceptors (Lipinski definition) is 4. The molecule has 0 spiro atoms. The molecule has 0 bridgehead atoms. The minimum Gasteiger partial charge on any atom is -0.323 e. The Labute approximate surface area is 153 Å². The molecule has 0 aliphatic carbocycles. The normalized spacial score (nSPS) is 17.9. The molecule has 1 aromatic heterocycles. The maximum Gasteiger partial charge on any atom is 0.321 e. The molecule has 1 aromatic carbocycles. The average molecular weight is 377 g/mol. The number of sulfonamides is 1. The van der Waals surface area contributed by atoms with Crippen LogP contribution in [0.4, 0.5) is 10.5 Å². The Hall–Kier alpha value is -2.39. The Bertz CT molecular complexity index is 851. The summed E-state index contributed by atoms with van der Waals surface area (Å²) >= 11 is 0. The van der Waals surface area contributed by atoms with Gasteiger partial charge >= 0.3 is 6.03 Å². The molecule has 1 aliphatic rings. The lowest BCUT2D eigenvalue weighted by Gasteiger charge is -2.32. The zero-order valence-corrected chi connectivity index (χ0v) is 15.4. The first-order chi connectivity index (χ1) is 12.4. The van der Waals surface area contributed by atoms with Gasteiger partial charge in [-0.2, -0.15) is 5.10 Å². The number of carbonyl (C=O) groups is 1. The molecule has 140 valence electrons. The van der Waals surface area contributed by atoms with Crippen LogP contribution >= 0.6 is 0 Å². The van der Waals surface area contributed by atoms with Gasteiger partial charge in [0.1, 0.15) is 0 Å². The minimum absolute atomic E-state index is 0.221. The van der Waals surface area contributed by atoms with Crippen molar-refractivity contribution in [2.24, 2.45) is 0 Å². The Morgan fingerprint density at radius 1 is 1.35 bits per heavy atom. The number of amides is 2. The van der Waals surface area contributed by atoms with Gasteiger partial charge in [-0.15, -0.1) is 0 Å². The van der Waals surface area contributed by atoms with Gasteiger partial charge in [-0.05, 0) is 36.6 Å². The van der Waals surface area contributed by atoms with Crippen molar-refractivity contribution in [3.8, 4) is 0 Å². The van der Waals surface area contributed by atoms with Crippen molar-refractivity contribution in [2.45, 2.75) is 25.4 Å². The summed E-state index contributed by atoms with van der Waals surface area (Å²) in [7, 11) is -3.28. The molecule has 1 atom stereocenters. The molecule has 8 nitrogen and oxygen atoms in total. The molecule has 0 radical (unpaired) electrons. The lowest BCUT2D eigenvalue weighted by molar-refractivity contribution is 0.190. The number of hydrogen-bond donors (Lipinski definition) is 2. The number of urea groups is 1. The van der Waals surface area contributed by atoms with Crippen molar-refractivity contribution in [1.82, 2.24) is 19.4 Å². The predicted molar refractivity (Wildman–Crippen MR) is 99.4 cm³/mol. The lowest BCUT2D eigenvalue weighted by atomic mass is 10.1. The summed E-state index contributed by atoms with van der Waals surface area (Å²) in [5.41, 5.74) is 1.74. The molecule has 1 fully saturated rings. The minimum atomic E-state index is -3.28. The summed E-state index contributed by atoms with van der Waals surface area (Å²) in [5, 5.41) is 7.07.